The van der Waals surface area contributed by atoms with Crippen molar-refractivity contribution in [1.29, 1.82) is 0 Å². The fraction of sp³-hybridized carbons (Fsp3) is 0.444. The molecule has 2 atom stereocenters. The van der Waals surface area contributed by atoms with Crippen LogP contribution in [-0.2, 0) is 14.3 Å². The van der Waals surface area contributed by atoms with Crippen LogP contribution in [-0.4, -0.2) is 67.5 Å². The highest BCUT2D eigenvalue weighted by molar-refractivity contribution is 6.03. The van der Waals surface area contributed by atoms with Gasteiger partial charge in [0.1, 0.15) is 17.5 Å². The van der Waals surface area contributed by atoms with Crippen LogP contribution >= 0.6 is 0 Å². The van der Waals surface area contributed by atoms with Crippen molar-refractivity contribution in [1.82, 2.24) is 9.91 Å². The van der Waals surface area contributed by atoms with E-state index in [-0.39, 0.29) is 30.5 Å². The first-order valence-electron chi connectivity index (χ1n) is 12.1. The molecule has 0 spiro atoms. The molecule has 2 aromatic rings. The summed E-state index contributed by atoms with van der Waals surface area (Å²) in [6.45, 7) is 2.94. The third-order valence-corrected chi connectivity index (χ3v) is 6.60. The number of carbonyl (C=O) groups excluding carboxylic acids is 2. The van der Waals surface area contributed by atoms with Crippen molar-refractivity contribution >= 4 is 17.6 Å². The average molecular weight is 480 g/mol. The molecule has 2 heterocycles. The molecule has 2 aliphatic heterocycles. The summed E-state index contributed by atoms with van der Waals surface area (Å²) in [5.74, 6) is 1.13. The molecule has 0 aromatic heterocycles. The van der Waals surface area contributed by atoms with E-state index < -0.39 is 0 Å². The number of likely N-dealkylation sites (tertiary alicyclic amines) is 1. The summed E-state index contributed by atoms with van der Waals surface area (Å²) in [6, 6.07) is 14.8. The second-order valence-electron chi connectivity index (χ2n) is 8.74. The fourth-order valence-electron chi connectivity index (χ4n) is 4.72. The number of ether oxygens (including phenoxy) is 3. The summed E-state index contributed by atoms with van der Waals surface area (Å²) in [4.78, 5) is 28.1. The first-order valence-corrected chi connectivity index (χ1v) is 12.1. The Morgan fingerprint density at radius 1 is 0.971 bits per heavy atom. The molecule has 0 saturated carbocycles. The van der Waals surface area contributed by atoms with Crippen molar-refractivity contribution < 1.29 is 23.8 Å². The quantitative estimate of drug-likeness (QED) is 0.536. The van der Waals surface area contributed by atoms with E-state index in [1.807, 2.05) is 53.4 Å². The minimum Gasteiger partial charge on any atom is -0.497 e. The lowest BCUT2D eigenvalue weighted by Crippen LogP contribution is -2.49. The number of nitrogens with zero attached hydrogens (tertiary/aromatic N) is 3. The van der Waals surface area contributed by atoms with E-state index in [1.165, 1.54) is 0 Å². The fourth-order valence-corrected chi connectivity index (χ4v) is 4.72. The monoisotopic (exact) mass is 479 g/mol. The van der Waals surface area contributed by atoms with Crippen LogP contribution in [0.15, 0.2) is 53.6 Å². The number of amides is 1. The highest BCUT2D eigenvalue weighted by atomic mass is 16.5. The summed E-state index contributed by atoms with van der Waals surface area (Å²) in [7, 11) is 3.26. The molecule has 1 saturated heterocycles. The molecule has 0 bridgehead atoms. The summed E-state index contributed by atoms with van der Waals surface area (Å²) < 4.78 is 15.8. The minimum atomic E-state index is -0.389. The van der Waals surface area contributed by atoms with Gasteiger partial charge in [-0.05, 0) is 73.8 Å². The average Bonchev–Trinajstić information content (AvgIpc) is 3.35. The Morgan fingerprint density at radius 2 is 1.63 bits per heavy atom. The van der Waals surface area contributed by atoms with E-state index in [0.29, 0.717) is 26.0 Å². The van der Waals surface area contributed by atoms with Gasteiger partial charge in [-0.15, -0.1) is 0 Å². The maximum absolute atomic E-state index is 13.6. The first kappa shape index (κ1) is 24.7. The van der Waals surface area contributed by atoms with Gasteiger partial charge in [0.05, 0.1) is 39.1 Å². The van der Waals surface area contributed by atoms with Crippen LogP contribution in [0, 0.1) is 0 Å². The van der Waals surface area contributed by atoms with Crippen LogP contribution in [0.5, 0.6) is 11.5 Å². The predicted molar refractivity (Wildman–Crippen MR) is 133 cm³/mol. The molecular weight excluding hydrogens is 446 g/mol. The van der Waals surface area contributed by atoms with Crippen molar-refractivity contribution in [2.45, 2.75) is 44.7 Å². The van der Waals surface area contributed by atoms with E-state index in [4.69, 9.17) is 19.3 Å². The molecule has 186 valence electrons. The van der Waals surface area contributed by atoms with E-state index in [2.05, 4.69) is 0 Å². The lowest BCUT2D eigenvalue weighted by Gasteiger charge is -2.34. The molecule has 8 heteroatoms. The van der Waals surface area contributed by atoms with Crippen molar-refractivity contribution in [3.63, 3.8) is 0 Å². The summed E-state index contributed by atoms with van der Waals surface area (Å²) >= 11 is 0. The molecule has 2 aliphatic rings. The van der Waals surface area contributed by atoms with Crippen molar-refractivity contribution in [2.75, 3.05) is 33.9 Å². The van der Waals surface area contributed by atoms with Gasteiger partial charge in [0.2, 0.25) is 0 Å². The Balaban J connectivity index is 1.59. The van der Waals surface area contributed by atoms with Crippen LogP contribution in [0.25, 0.3) is 0 Å². The van der Waals surface area contributed by atoms with E-state index in [1.54, 1.807) is 26.2 Å². The second kappa shape index (κ2) is 11.4. The van der Waals surface area contributed by atoms with Crippen LogP contribution < -0.4 is 9.47 Å². The molecule has 4 rings (SSSR count). The van der Waals surface area contributed by atoms with Gasteiger partial charge < -0.3 is 14.2 Å². The lowest BCUT2D eigenvalue weighted by atomic mass is 9.98. The summed E-state index contributed by atoms with van der Waals surface area (Å²) in [5.41, 5.74) is 2.76. The van der Waals surface area contributed by atoms with E-state index in [0.717, 1.165) is 41.2 Å². The molecular formula is C27H33N3O5. The number of hydrazone groups is 1. The van der Waals surface area contributed by atoms with E-state index in [9.17, 15) is 9.59 Å². The molecule has 0 N–H and O–H groups in total. The SMILES string of the molecule is CCOC(=O)[C@@H]1CCCCN1CC(=O)N1N=C(c2ccc(OC)cc2)C[C@H]1c1ccc(OC)cc1. The highest BCUT2D eigenvalue weighted by Gasteiger charge is 2.37. The van der Waals surface area contributed by atoms with E-state index >= 15 is 0 Å². The van der Waals surface area contributed by atoms with Crippen molar-refractivity contribution in [3.8, 4) is 11.5 Å². The number of methoxy groups -OCH3 is 2. The molecule has 1 fully saturated rings. The Labute approximate surface area is 206 Å². The standard InChI is InChI=1S/C27H33N3O5/c1-4-35-27(32)24-7-5-6-16-29(24)18-26(31)30-25(20-10-14-22(34-3)15-11-20)17-23(28-30)19-8-12-21(33-2)13-9-19/h8-15,24-25H,4-7,16-18H2,1-3H3/t24-,25-/m0/s1. The van der Waals surface area contributed by atoms with Gasteiger partial charge in [-0.2, -0.15) is 5.10 Å². The summed E-state index contributed by atoms with van der Waals surface area (Å²) in [5, 5.41) is 6.35. The normalized spacial score (nSPS) is 20.3. The largest absolute Gasteiger partial charge is 0.497 e. The topological polar surface area (TPSA) is 80.7 Å². The van der Waals surface area contributed by atoms with Crippen LogP contribution in [0.3, 0.4) is 0 Å². The smallest absolute Gasteiger partial charge is 0.323 e. The summed E-state index contributed by atoms with van der Waals surface area (Å²) in [6.07, 6.45) is 3.19. The lowest BCUT2D eigenvalue weighted by molar-refractivity contribution is -0.152. The van der Waals surface area contributed by atoms with Crippen LogP contribution in [0.2, 0.25) is 0 Å². The Kier molecular flexibility index (Phi) is 8.02. The third kappa shape index (κ3) is 5.65. The maximum Gasteiger partial charge on any atom is 0.323 e. The van der Waals surface area contributed by atoms with Gasteiger partial charge in [0.25, 0.3) is 5.91 Å². The molecule has 8 nitrogen and oxygen atoms in total. The van der Waals surface area contributed by atoms with Crippen LogP contribution in [0.1, 0.15) is 49.8 Å². The van der Waals surface area contributed by atoms with Gasteiger partial charge in [-0.25, -0.2) is 5.01 Å². The van der Waals surface area contributed by atoms with Gasteiger partial charge in [-0.1, -0.05) is 18.6 Å². The van der Waals surface area contributed by atoms with Gasteiger partial charge in [0.15, 0.2) is 0 Å². The zero-order valence-electron chi connectivity index (χ0n) is 20.6. The molecule has 1 amide bonds. The van der Waals surface area contributed by atoms with Gasteiger partial charge in [0, 0.05) is 6.42 Å². The van der Waals surface area contributed by atoms with Gasteiger partial charge in [-0.3, -0.25) is 14.5 Å². The molecule has 0 unspecified atom stereocenters. The number of piperidine rings is 1. The minimum absolute atomic E-state index is 0.121. The molecule has 2 aromatic carbocycles. The van der Waals surface area contributed by atoms with Crippen molar-refractivity contribution in [2.24, 2.45) is 5.10 Å². The maximum atomic E-state index is 13.6. The molecule has 0 aliphatic carbocycles. The first-order chi connectivity index (χ1) is 17.0. The Hall–Kier alpha value is -3.39. The molecule has 0 radical (unpaired) electrons. The van der Waals surface area contributed by atoms with Gasteiger partial charge >= 0.3 is 5.97 Å². The number of carbonyl (C=O) groups is 2. The van der Waals surface area contributed by atoms with Crippen molar-refractivity contribution in [3.05, 3.63) is 59.7 Å². The zero-order valence-corrected chi connectivity index (χ0v) is 20.6. The Bertz CT molecular complexity index is 1050. The van der Waals surface area contributed by atoms with Crippen LogP contribution in [0.4, 0.5) is 0 Å². The number of esters is 1. The highest BCUT2D eigenvalue weighted by Crippen LogP contribution is 2.34. The number of rotatable bonds is 8. The number of hydrogen-bond donors (Lipinski definition) is 0. The Morgan fingerprint density at radius 3 is 2.26 bits per heavy atom. The number of hydrogen-bond acceptors (Lipinski definition) is 7. The molecule has 35 heavy (non-hydrogen) atoms. The second-order valence-corrected chi connectivity index (χ2v) is 8.74. The predicted octanol–water partition coefficient (Wildman–Crippen LogP) is 3.80. The number of benzene rings is 2. The zero-order chi connectivity index (χ0) is 24.8. The third-order valence-electron chi connectivity index (χ3n) is 6.60.